The maximum absolute atomic E-state index is 13.4. The standard InChI is InChI=1S/C23H24F2N2O3/c24-18-10-17(11-19(25)12-18)16-2-5-20(26-14-16)13-22(28)15-3-6-21(7-4-15)27-8-1-9-30-23(27)29/h2,5,10-12,14-15,21H,1,3-4,6-9,13H2. The molecule has 2 fully saturated rings. The van der Waals surface area contributed by atoms with Crippen LogP contribution >= 0.6 is 0 Å². The summed E-state index contributed by atoms with van der Waals surface area (Å²) < 4.78 is 31.9. The summed E-state index contributed by atoms with van der Waals surface area (Å²) in [7, 11) is 0. The van der Waals surface area contributed by atoms with Crippen LogP contribution in [0.5, 0.6) is 0 Å². The van der Waals surface area contributed by atoms with Crippen molar-refractivity contribution in [1.82, 2.24) is 9.88 Å². The van der Waals surface area contributed by atoms with Crippen LogP contribution < -0.4 is 0 Å². The molecule has 2 aromatic rings. The topological polar surface area (TPSA) is 59.5 Å². The van der Waals surface area contributed by atoms with E-state index in [9.17, 15) is 18.4 Å². The normalized spacial score (nSPS) is 21.9. The number of ketones is 1. The van der Waals surface area contributed by atoms with Crippen molar-refractivity contribution >= 4 is 11.9 Å². The predicted molar refractivity (Wildman–Crippen MR) is 107 cm³/mol. The molecule has 1 aliphatic carbocycles. The number of Topliss-reactive ketones (excluding diaryl/α,β-unsaturated/α-hetero) is 1. The Bertz CT molecular complexity index is 904. The van der Waals surface area contributed by atoms with E-state index in [1.54, 1.807) is 17.0 Å². The summed E-state index contributed by atoms with van der Waals surface area (Å²) in [6.45, 7) is 1.22. The molecule has 2 aliphatic rings. The number of nitrogens with zero attached hydrogens (tertiary/aromatic N) is 2. The fourth-order valence-electron chi connectivity index (χ4n) is 4.35. The van der Waals surface area contributed by atoms with Gasteiger partial charge in [0.1, 0.15) is 17.4 Å². The van der Waals surface area contributed by atoms with Gasteiger partial charge < -0.3 is 9.64 Å². The van der Waals surface area contributed by atoms with E-state index in [0.29, 0.717) is 23.4 Å². The van der Waals surface area contributed by atoms with Crippen LogP contribution in [0.2, 0.25) is 0 Å². The van der Waals surface area contributed by atoms with E-state index in [2.05, 4.69) is 4.98 Å². The fourth-order valence-corrected chi connectivity index (χ4v) is 4.35. The number of pyridine rings is 1. The first-order valence-electron chi connectivity index (χ1n) is 10.4. The van der Waals surface area contributed by atoms with Crippen molar-refractivity contribution in [3.05, 3.63) is 53.9 Å². The van der Waals surface area contributed by atoms with E-state index < -0.39 is 11.6 Å². The number of benzene rings is 1. The molecular weight excluding hydrogens is 390 g/mol. The fraction of sp³-hybridized carbons (Fsp3) is 0.435. The van der Waals surface area contributed by atoms with E-state index >= 15 is 0 Å². The zero-order chi connectivity index (χ0) is 21.1. The molecule has 1 saturated carbocycles. The first-order chi connectivity index (χ1) is 14.5. The summed E-state index contributed by atoms with van der Waals surface area (Å²) in [6.07, 6.45) is 5.52. The van der Waals surface area contributed by atoms with Crippen LogP contribution in [-0.2, 0) is 16.0 Å². The molecule has 5 nitrogen and oxygen atoms in total. The Morgan fingerprint density at radius 3 is 2.43 bits per heavy atom. The van der Waals surface area contributed by atoms with Crippen molar-refractivity contribution in [2.45, 2.75) is 44.6 Å². The summed E-state index contributed by atoms with van der Waals surface area (Å²) in [5.41, 5.74) is 1.65. The van der Waals surface area contributed by atoms with Gasteiger partial charge in [-0.3, -0.25) is 9.78 Å². The maximum Gasteiger partial charge on any atom is 0.410 e. The number of ether oxygens (including phenoxy) is 1. The number of aromatic nitrogens is 1. The van der Waals surface area contributed by atoms with Gasteiger partial charge in [0.05, 0.1) is 6.61 Å². The Morgan fingerprint density at radius 2 is 1.80 bits per heavy atom. The minimum Gasteiger partial charge on any atom is -0.449 e. The van der Waals surface area contributed by atoms with E-state index in [-0.39, 0.29) is 30.3 Å². The summed E-state index contributed by atoms with van der Waals surface area (Å²) in [5, 5.41) is 0. The first-order valence-corrected chi connectivity index (χ1v) is 10.4. The molecule has 158 valence electrons. The molecule has 1 aromatic heterocycles. The second-order valence-corrected chi connectivity index (χ2v) is 8.01. The number of halogens is 2. The molecule has 4 rings (SSSR count). The highest BCUT2D eigenvalue weighted by molar-refractivity contribution is 5.83. The highest BCUT2D eigenvalue weighted by Crippen LogP contribution is 2.30. The number of cyclic esters (lactones) is 1. The predicted octanol–water partition coefficient (Wildman–Crippen LogP) is 4.54. The first kappa shape index (κ1) is 20.4. The van der Waals surface area contributed by atoms with E-state index in [1.165, 1.54) is 18.3 Å². The van der Waals surface area contributed by atoms with Crippen LogP contribution in [0, 0.1) is 17.6 Å². The van der Waals surface area contributed by atoms with Crippen LogP contribution in [0.25, 0.3) is 11.1 Å². The zero-order valence-corrected chi connectivity index (χ0v) is 16.7. The molecule has 0 spiro atoms. The number of rotatable bonds is 5. The molecule has 0 unspecified atom stereocenters. The van der Waals surface area contributed by atoms with E-state index in [4.69, 9.17) is 4.74 Å². The molecule has 0 atom stereocenters. The number of carbonyl (C=O) groups excluding carboxylic acids is 2. The van der Waals surface area contributed by atoms with Gasteiger partial charge in [0.2, 0.25) is 0 Å². The Morgan fingerprint density at radius 1 is 1.07 bits per heavy atom. The van der Waals surface area contributed by atoms with E-state index in [0.717, 1.165) is 44.7 Å². The number of hydrogen-bond donors (Lipinski definition) is 0. The molecule has 2 heterocycles. The van der Waals surface area contributed by atoms with Gasteiger partial charge in [-0.05, 0) is 55.9 Å². The molecule has 7 heteroatoms. The minimum absolute atomic E-state index is 0.0270. The highest BCUT2D eigenvalue weighted by Gasteiger charge is 2.33. The van der Waals surface area contributed by atoms with Gasteiger partial charge in [0, 0.05) is 48.4 Å². The van der Waals surface area contributed by atoms with Crippen molar-refractivity contribution in [2.24, 2.45) is 5.92 Å². The van der Waals surface area contributed by atoms with Gasteiger partial charge in [-0.1, -0.05) is 6.07 Å². The van der Waals surface area contributed by atoms with Gasteiger partial charge in [0.15, 0.2) is 0 Å². The third-order valence-corrected chi connectivity index (χ3v) is 5.97. The number of carbonyl (C=O) groups is 2. The maximum atomic E-state index is 13.4. The Balaban J connectivity index is 1.32. The Labute approximate surface area is 174 Å². The average Bonchev–Trinajstić information content (AvgIpc) is 2.74. The SMILES string of the molecule is O=C(Cc1ccc(-c2cc(F)cc(F)c2)cn1)C1CCC(N2CCCOC2=O)CC1. The molecule has 1 aromatic carbocycles. The van der Waals surface area contributed by atoms with Crippen LogP contribution in [0.1, 0.15) is 37.8 Å². The van der Waals surface area contributed by atoms with Gasteiger partial charge in [-0.15, -0.1) is 0 Å². The minimum atomic E-state index is -0.641. The monoisotopic (exact) mass is 414 g/mol. The van der Waals surface area contributed by atoms with Crippen LogP contribution in [0.4, 0.5) is 13.6 Å². The number of amides is 1. The molecular formula is C23H24F2N2O3. The van der Waals surface area contributed by atoms with Crippen molar-refractivity contribution in [3.63, 3.8) is 0 Å². The van der Waals surface area contributed by atoms with Crippen molar-refractivity contribution in [2.75, 3.05) is 13.2 Å². The summed E-state index contributed by atoms with van der Waals surface area (Å²) in [6, 6.07) is 6.94. The lowest BCUT2D eigenvalue weighted by Gasteiger charge is -2.37. The number of hydrogen-bond acceptors (Lipinski definition) is 4. The average molecular weight is 414 g/mol. The van der Waals surface area contributed by atoms with Crippen LogP contribution in [0.15, 0.2) is 36.5 Å². The lowest BCUT2D eigenvalue weighted by atomic mass is 9.81. The highest BCUT2D eigenvalue weighted by atomic mass is 19.1. The van der Waals surface area contributed by atoms with Gasteiger partial charge in [-0.2, -0.15) is 0 Å². The van der Waals surface area contributed by atoms with E-state index in [1.807, 2.05) is 0 Å². The summed E-state index contributed by atoms with van der Waals surface area (Å²) >= 11 is 0. The lowest BCUT2D eigenvalue weighted by Crippen LogP contribution is -2.46. The molecule has 1 amide bonds. The van der Waals surface area contributed by atoms with Gasteiger partial charge >= 0.3 is 6.09 Å². The third kappa shape index (κ3) is 4.66. The molecule has 30 heavy (non-hydrogen) atoms. The molecule has 0 radical (unpaired) electrons. The molecule has 0 bridgehead atoms. The van der Waals surface area contributed by atoms with Crippen LogP contribution in [0.3, 0.4) is 0 Å². The largest absolute Gasteiger partial charge is 0.449 e. The second-order valence-electron chi connectivity index (χ2n) is 8.01. The Hall–Kier alpha value is -2.83. The molecule has 1 saturated heterocycles. The van der Waals surface area contributed by atoms with Crippen LogP contribution in [-0.4, -0.2) is 41.0 Å². The smallest absolute Gasteiger partial charge is 0.410 e. The Kier molecular flexibility index (Phi) is 6.06. The summed E-state index contributed by atoms with van der Waals surface area (Å²) in [4.78, 5) is 30.7. The lowest BCUT2D eigenvalue weighted by molar-refractivity contribution is -0.123. The van der Waals surface area contributed by atoms with Crippen molar-refractivity contribution in [1.29, 1.82) is 0 Å². The quantitative estimate of drug-likeness (QED) is 0.721. The summed E-state index contributed by atoms with van der Waals surface area (Å²) in [5.74, 6) is -1.16. The molecule has 1 aliphatic heterocycles. The third-order valence-electron chi connectivity index (χ3n) is 5.97. The van der Waals surface area contributed by atoms with Crippen molar-refractivity contribution in [3.8, 4) is 11.1 Å². The van der Waals surface area contributed by atoms with Gasteiger partial charge in [0.25, 0.3) is 0 Å². The zero-order valence-electron chi connectivity index (χ0n) is 16.7. The van der Waals surface area contributed by atoms with Gasteiger partial charge in [-0.25, -0.2) is 13.6 Å². The van der Waals surface area contributed by atoms with Crippen molar-refractivity contribution < 1.29 is 23.1 Å². The molecule has 0 N–H and O–H groups in total. The second kappa shape index (κ2) is 8.90.